The van der Waals surface area contributed by atoms with E-state index in [1.54, 1.807) is 6.07 Å². The van der Waals surface area contributed by atoms with Gasteiger partial charge in [0, 0.05) is 17.1 Å². The van der Waals surface area contributed by atoms with Gasteiger partial charge in [-0.2, -0.15) is 0 Å². The molecule has 0 spiro atoms. The Bertz CT molecular complexity index is 917. The molecule has 1 aromatic carbocycles. The Morgan fingerprint density at radius 3 is 2.95 bits per heavy atom. The second-order valence-electron chi connectivity index (χ2n) is 4.64. The van der Waals surface area contributed by atoms with Gasteiger partial charge in [-0.3, -0.25) is 9.20 Å². The topological polar surface area (TPSA) is 60.7 Å². The smallest absolute Gasteiger partial charge is 0.341 e. The second kappa shape index (κ2) is 5.69. The number of nitrogens with zero attached hydrogens (tertiary/aromatic N) is 2. The highest BCUT2D eigenvalue weighted by Gasteiger charge is 2.13. The number of aromatic nitrogens is 2. The number of carbonyl (C=O) groups excluding carboxylic acids is 1. The molecule has 0 aliphatic heterocycles. The molecule has 2 aromatic heterocycles. The summed E-state index contributed by atoms with van der Waals surface area (Å²) in [7, 11) is 0. The molecule has 22 heavy (non-hydrogen) atoms. The molecule has 0 bridgehead atoms. The van der Waals surface area contributed by atoms with Gasteiger partial charge in [0.15, 0.2) is 4.96 Å². The largest absolute Gasteiger partial charge is 0.455 e. The Balaban J connectivity index is 1.81. The molecule has 5 nitrogen and oxygen atoms in total. The number of ether oxygens (including phenoxy) is 1. The third-order valence-electron chi connectivity index (χ3n) is 3.07. The van der Waals surface area contributed by atoms with Crippen LogP contribution in [-0.4, -0.2) is 15.4 Å². The molecule has 3 rings (SSSR count). The lowest BCUT2D eigenvalue weighted by Gasteiger charge is -2.05. The van der Waals surface area contributed by atoms with Crippen LogP contribution in [0.5, 0.6) is 0 Å². The van der Waals surface area contributed by atoms with Crippen molar-refractivity contribution in [2.75, 3.05) is 0 Å². The first-order chi connectivity index (χ1) is 10.6. The van der Waals surface area contributed by atoms with Crippen LogP contribution >= 0.6 is 11.3 Å². The Hall–Kier alpha value is -2.54. The number of hydrogen-bond acceptors (Lipinski definition) is 5. The molecule has 0 atom stereocenters. The number of aryl methyl sites for hydroxylation is 1. The highest BCUT2D eigenvalue weighted by molar-refractivity contribution is 7.15. The van der Waals surface area contributed by atoms with Gasteiger partial charge in [-0.15, -0.1) is 11.3 Å². The molecular weight excluding hydrogens is 307 g/mol. The van der Waals surface area contributed by atoms with Gasteiger partial charge in [0.25, 0.3) is 5.56 Å². The first kappa shape index (κ1) is 14.4. The monoisotopic (exact) mass is 318 g/mol. The van der Waals surface area contributed by atoms with E-state index in [-0.39, 0.29) is 17.7 Å². The molecule has 0 aliphatic rings. The highest BCUT2D eigenvalue weighted by atomic mass is 32.1. The van der Waals surface area contributed by atoms with Gasteiger partial charge in [0.05, 0.1) is 11.3 Å². The summed E-state index contributed by atoms with van der Waals surface area (Å²) in [5.41, 5.74) is 0.747. The number of rotatable bonds is 3. The first-order valence-electron chi connectivity index (χ1n) is 6.44. The van der Waals surface area contributed by atoms with Crippen molar-refractivity contribution in [2.45, 2.75) is 13.5 Å². The molecule has 112 valence electrons. The number of esters is 1. The van der Waals surface area contributed by atoms with Gasteiger partial charge in [-0.25, -0.2) is 14.2 Å². The van der Waals surface area contributed by atoms with Gasteiger partial charge in [0.1, 0.15) is 12.4 Å². The van der Waals surface area contributed by atoms with Crippen molar-refractivity contribution in [1.29, 1.82) is 0 Å². The number of carbonyl (C=O) groups is 1. The normalized spacial score (nSPS) is 10.8. The minimum absolute atomic E-state index is 0.146. The quantitative estimate of drug-likeness (QED) is 0.696. The summed E-state index contributed by atoms with van der Waals surface area (Å²) in [6.07, 6.45) is 0. The molecule has 0 aliphatic carbocycles. The molecule has 0 saturated carbocycles. The van der Waals surface area contributed by atoms with E-state index >= 15 is 0 Å². The molecule has 0 fully saturated rings. The van der Waals surface area contributed by atoms with Crippen LogP contribution in [0.1, 0.15) is 21.7 Å². The van der Waals surface area contributed by atoms with E-state index in [1.807, 2.05) is 12.3 Å². The highest BCUT2D eigenvalue weighted by Crippen LogP contribution is 2.13. The van der Waals surface area contributed by atoms with E-state index in [4.69, 9.17) is 4.74 Å². The van der Waals surface area contributed by atoms with Gasteiger partial charge < -0.3 is 4.74 Å². The zero-order chi connectivity index (χ0) is 15.7. The number of hydrogen-bond donors (Lipinski definition) is 0. The van der Waals surface area contributed by atoms with Crippen molar-refractivity contribution in [3.8, 4) is 0 Å². The maximum absolute atomic E-state index is 13.5. The van der Waals surface area contributed by atoms with Crippen LogP contribution in [0.2, 0.25) is 0 Å². The average molecular weight is 318 g/mol. The molecule has 0 unspecified atom stereocenters. The maximum atomic E-state index is 13.5. The average Bonchev–Trinajstić information content (AvgIpc) is 2.87. The summed E-state index contributed by atoms with van der Waals surface area (Å²) in [4.78, 5) is 28.6. The van der Waals surface area contributed by atoms with Crippen LogP contribution < -0.4 is 5.56 Å². The van der Waals surface area contributed by atoms with Gasteiger partial charge in [0.2, 0.25) is 0 Å². The number of benzene rings is 1. The van der Waals surface area contributed by atoms with Crippen LogP contribution in [0.3, 0.4) is 0 Å². The lowest BCUT2D eigenvalue weighted by atomic mass is 10.2. The molecule has 2 heterocycles. The van der Waals surface area contributed by atoms with Crippen LogP contribution in [0, 0.1) is 12.7 Å². The summed E-state index contributed by atoms with van der Waals surface area (Å²) >= 11 is 1.33. The van der Waals surface area contributed by atoms with Crippen molar-refractivity contribution < 1.29 is 13.9 Å². The van der Waals surface area contributed by atoms with E-state index in [0.29, 0.717) is 10.7 Å². The molecule has 0 N–H and O–H groups in total. The Morgan fingerprint density at radius 2 is 2.18 bits per heavy atom. The Kier molecular flexibility index (Phi) is 3.72. The van der Waals surface area contributed by atoms with Gasteiger partial charge in [-0.05, 0) is 19.1 Å². The minimum atomic E-state index is -0.789. The summed E-state index contributed by atoms with van der Waals surface area (Å²) < 4.78 is 20.0. The number of fused-ring (bicyclic) bond motifs is 1. The fourth-order valence-electron chi connectivity index (χ4n) is 2.02. The first-order valence-corrected chi connectivity index (χ1v) is 7.32. The Labute approximate surface area is 128 Å². The number of halogens is 1. The number of thiazole rings is 1. The summed E-state index contributed by atoms with van der Waals surface area (Å²) in [5, 5.41) is 1.82. The molecule has 0 amide bonds. The molecule has 3 aromatic rings. The Morgan fingerprint density at radius 1 is 1.41 bits per heavy atom. The molecule has 7 heteroatoms. The third-order valence-corrected chi connectivity index (χ3v) is 4.02. The van der Waals surface area contributed by atoms with E-state index in [9.17, 15) is 14.0 Å². The van der Waals surface area contributed by atoms with Crippen LogP contribution in [0.25, 0.3) is 4.96 Å². The fourth-order valence-corrected chi connectivity index (χ4v) is 2.91. The molecule has 0 radical (unpaired) electrons. The van der Waals surface area contributed by atoms with Crippen LogP contribution in [0.4, 0.5) is 4.39 Å². The van der Waals surface area contributed by atoms with E-state index in [0.717, 1.165) is 5.69 Å². The van der Waals surface area contributed by atoms with Crippen molar-refractivity contribution in [3.05, 3.63) is 68.8 Å². The SMILES string of the molecule is Cc1csc2nc(COC(=O)c3ccccc3F)cc(=O)n12. The summed E-state index contributed by atoms with van der Waals surface area (Å²) in [6.45, 7) is 1.63. The zero-order valence-corrected chi connectivity index (χ0v) is 12.4. The van der Waals surface area contributed by atoms with Crippen molar-refractivity contribution in [3.63, 3.8) is 0 Å². The summed E-state index contributed by atoms with van der Waals surface area (Å²) in [6, 6.07) is 6.86. The van der Waals surface area contributed by atoms with Crippen LogP contribution in [-0.2, 0) is 11.3 Å². The predicted octanol–water partition coefficient (Wildman–Crippen LogP) is 2.56. The minimum Gasteiger partial charge on any atom is -0.455 e. The standard InChI is InChI=1S/C15H11FN2O3S/c1-9-8-22-15-17-10(6-13(19)18(9)15)7-21-14(20)11-4-2-3-5-12(11)16/h2-6,8H,7H2,1H3. The van der Waals surface area contributed by atoms with Crippen molar-refractivity contribution >= 4 is 22.3 Å². The van der Waals surface area contributed by atoms with E-state index in [2.05, 4.69) is 4.98 Å². The molecule has 0 saturated heterocycles. The van der Waals surface area contributed by atoms with Crippen LogP contribution in [0.15, 0.2) is 40.5 Å². The van der Waals surface area contributed by atoms with Crippen molar-refractivity contribution in [1.82, 2.24) is 9.38 Å². The summed E-state index contributed by atoms with van der Waals surface area (Å²) in [5.74, 6) is -1.44. The lowest BCUT2D eigenvalue weighted by Crippen LogP contribution is -2.16. The van der Waals surface area contributed by atoms with Gasteiger partial charge in [-0.1, -0.05) is 12.1 Å². The van der Waals surface area contributed by atoms with E-state index in [1.165, 1.54) is 40.0 Å². The predicted molar refractivity (Wildman–Crippen MR) is 79.6 cm³/mol. The fraction of sp³-hybridized carbons (Fsp3) is 0.133. The zero-order valence-electron chi connectivity index (χ0n) is 11.6. The third kappa shape index (κ3) is 2.62. The van der Waals surface area contributed by atoms with E-state index < -0.39 is 11.8 Å². The maximum Gasteiger partial charge on any atom is 0.341 e. The lowest BCUT2D eigenvalue weighted by molar-refractivity contribution is 0.0462. The van der Waals surface area contributed by atoms with Crippen molar-refractivity contribution in [2.24, 2.45) is 0 Å². The van der Waals surface area contributed by atoms with Gasteiger partial charge >= 0.3 is 5.97 Å². The second-order valence-corrected chi connectivity index (χ2v) is 5.47. The molecular formula is C15H11FN2O3S.